The number of esters is 2. The van der Waals surface area contributed by atoms with Gasteiger partial charge in [0.05, 0.1) is 34.4 Å². The van der Waals surface area contributed by atoms with E-state index in [0.717, 1.165) is 109 Å². The molecule has 0 aliphatic heterocycles. The summed E-state index contributed by atoms with van der Waals surface area (Å²) >= 11 is 0. The number of aliphatic carboxylic acids is 1. The first-order chi connectivity index (χ1) is 42.6. The summed E-state index contributed by atoms with van der Waals surface area (Å²) in [5.74, 6) is -2.06. The van der Waals surface area contributed by atoms with E-state index in [2.05, 4.69) is 160 Å². The van der Waals surface area contributed by atoms with Crippen molar-refractivity contribution in [3.63, 3.8) is 0 Å². The predicted molar refractivity (Wildman–Crippen MR) is 373 cm³/mol. The number of ether oxygens (including phenoxy) is 4. The zero-order valence-corrected chi connectivity index (χ0v) is 56.4. The third-order valence-corrected chi connectivity index (χ3v) is 14.6. The van der Waals surface area contributed by atoms with E-state index < -0.39 is 24.3 Å². The number of rotatable bonds is 63. The Hall–Kier alpha value is -4.83. The lowest BCUT2D eigenvalue weighted by molar-refractivity contribution is -0.870. The van der Waals surface area contributed by atoms with Crippen LogP contribution in [0.4, 0.5) is 0 Å². The first kappa shape index (κ1) is 82.2. The van der Waals surface area contributed by atoms with Gasteiger partial charge in [-0.2, -0.15) is 0 Å². The van der Waals surface area contributed by atoms with Crippen LogP contribution in [0.15, 0.2) is 146 Å². The maximum absolute atomic E-state index is 12.9. The van der Waals surface area contributed by atoms with Crippen LogP contribution in [0.1, 0.15) is 271 Å². The van der Waals surface area contributed by atoms with Crippen molar-refractivity contribution in [2.45, 2.75) is 283 Å². The van der Waals surface area contributed by atoms with Crippen molar-refractivity contribution in [1.29, 1.82) is 0 Å². The summed E-state index contributed by atoms with van der Waals surface area (Å²) in [6.45, 7) is 4.71. The van der Waals surface area contributed by atoms with E-state index in [1.807, 2.05) is 21.1 Å². The molecule has 0 aliphatic carbocycles. The van der Waals surface area contributed by atoms with Crippen molar-refractivity contribution >= 4 is 17.9 Å². The second-order valence-corrected chi connectivity index (χ2v) is 24.1. The number of likely N-dealkylation sites (N-methyl/N-ethyl adjacent to an activating group) is 1. The molecule has 0 aromatic carbocycles. The monoisotopic (exact) mass is 1210 g/mol. The van der Waals surface area contributed by atoms with Crippen molar-refractivity contribution < 1.29 is 42.9 Å². The van der Waals surface area contributed by atoms with E-state index in [0.29, 0.717) is 17.4 Å². The van der Waals surface area contributed by atoms with Crippen molar-refractivity contribution in [1.82, 2.24) is 0 Å². The molecule has 0 spiro atoms. The van der Waals surface area contributed by atoms with Crippen molar-refractivity contribution in [2.75, 3.05) is 47.5 Å². The van der Waals surface area contributed by atoms with E-state index in [9.17, 15) is 19.5 Å². The largest absolute Gasteiger partial charge is 0.477 e. The standard InChI is InChI=1S/C78H129NO8/c1-6-8-10-12-14-16-18-20-22-24-26-28-30-32-34-36-38-40-42-44-46-48-50-52-54-56-58-60-62-64-66-68-75(80)85-72-74(73-86-78(77(82)83)84-71-70-79(3,4)5)87-76(81)69-67-65-63-61-59-57-55-53-51-49-47-45-43-41-39-37-35-33-31-29-27-25-23-21-19-17-15-13-11-9-7-2/h9,11,15,17-18,20-21,23-24,26-27,29-30,32-33,35,39,41,45,47,51,53,57,59,74,78H,6-8,10,12-14,16,19,22,25,28,31,34,36-38,40,42-44,46,48-50,52,54-56,58,60-73H2,1-5H3/p+1/b11-9-,17-15-,20-18-,23-21-,26-24-,29-27-,32-30-,35-33-,41-39-,47-45-,53-51-,59-57-. The summed E-state index contributed by atoms with van der Waals surface area (Å²) in [6, 6.07) is 0. The summed E-state index contributed by atoms with van der Waals surface area (Å²) in [5.41, 5.74) is 0. The SMILES string of the molecule is CC/C=C\C/C=C\C/C=C\C/C=C\C/C=C\C/C=C\C/C=C\C/C=C\C/C=C\CCCCCC(=O)OC(COC(=O)CCCCCCCCCCCCCCCCCC/C=C\C/C=C\C/C=C\CCCCCCC)COC(OCC[N+](C)(C)C)C(=O)O. The first-order valence-electron chi connectivity index (χ1n) is 35.0. The lowest BCUT2D eigenvalue weighted by Crippen LogP contribution is -2.40. The summed E-state index contributed by atoms with van der Waals surface area (Å²) in [7, 11) is 5.96. The fourth-order valence-corrected chi connectivity index (χ4v) is 9.25. The topological polar surface area (TPSA) is 108 Å². The third kappa shape index (κ3) is 68.5. The van der Waals surface area contributed by atoms with Crippen LogP contribution in [0.2, 0.25) is 0 Å². The molecule has 9 nitrogen and oxygen atoms in total. The molecule has 2 unspecified atom stereocenters. The number of carboxylic acids is 1. The second-order valence-electron chi connectivity index (χ2n) is 24.1. The van der Waals surface area contributed by atoms with Gasteiger partial charge in [0.25, 0.3) is 6.29 Å². The lowest BCUT2D eigenvalue weighted by Gasteiger charge is -2.25. The average molecular weight is 1210 g/mol. The summed E-state index contributed by atoms with van der Waals surface area (Å²) in [4.78, 5) is 37.6. The fourth-order valence-electron chi connectivity index (χ4n) is 9.25. The quantitative estimate of drug-likeness (QED) is 0.0211. The molecule has 0 bridgehead atoms. The molecule has 0 rings (SSSR count). The number of unbranched alkanes of at least 4 members (excludes halogenated alkanes) is 24. The van der Waals surface area contributed by atoms with Crippen LogP contribution >= 0.6 is 0 Å². The predicted octanol–water partition coefficient (Wildman–Crippen LogP) is 21.9. The van der Waals surface area contributed by atoms with Gasteiger partial charge in [-0.25, -0.2) is 4.79 Å². The van der Waals surface area contributed by atoms with Crippen LogP contribution < -0.4 is 0 Å². The van der Waals surface area contributed by atoms with Crippen molar-refractivity contribution in [2.24, 2.45) is 0 Å². The zero-order valence-electron chi connectivity index (χ0n) is 56.4. The average Bonchev–Trinajstić information content (AvgIpc) is 3.56. The van der Waals surface area contributed by atoms with Gasteiger partial charge in [-0.3, -0.25) is 9.59 Å². The molecular weight excluding hydrogens is 1080 g/mol. The first-order valence-corrected chi connectivity index (χ1v) is 35.0. The molecular formula is C78H130NO8+. The number of hydrogen-bond acceptors (Lipinski definition) is 7. The number of carbonyl (C=O) groups is 3. The molecule has 9 heteroatoms. The molecule has 1 N–H and O–H groups in total. The minimum Gasteiger partial charge on any atom is -0.477 e. The molecule has 0 amide bonds. The summed E-state index contributed by atoms with van der Waals surface area (Å²) < 4.78 is 22.9. The molecule has 0 aromatic rings. The highest BCUT2D eigenvalue weighted by Gasteiger charge is 2.25. The molecule has 0 aliphatic rings. The Morgan fingerprint density at radius 2 is 0.655 bits per heavy atom. The Bertz CT molecular complexity index is 1940. The summed E-state index contributed by atoms with van der Waals surface area (Å²) in [6.07, 6.45) is 95.3. The van der Waals surface area contributed by atoms with Crippen molar-refractivity contribution in [3.05, 3.63) is 146 Å². The highest BCUT2D eigenvalue weighted by molar-refractivity contribution is 5.71. The van der Waals surface area contributed by atoms with Crippen LogP contribution in [0.3, 0.4) is 0 Å². The highest BCUT2D eigenvalue weighted by atomic mass is 16.7. The number of allylic oxidation sites excluding steroid dienone is 24. The number of carbonyl (C=O) groups excluding carboxylic acids is 2. The minimum absolute atomic E-state index is 0.173. The third-order valence-electron chi connectivity index (χ3n) is 14.6. The fraction of sp³-hybridized carbons (Fsp3) is 0.654. The molecule has 0 aromatic heterocycles. The van der Waals surface area contributed by atoms with E-state index in [1.54, 1.807) is 0 Å². The molecule has 0 radical (unpaired) electrons. The molecule has 0 fully saturated rings. The Kier molecular flexibility index (Phi) is 63.4. The van der Waals surface area contributed by atoms with E-state index in [1.165, 1.54) is 128 Å². The van der Waals surface area contributed by atoms with E-state index in [-0.39, 0.29) is 38.6 Å². The number of carboxylic acid groups (broad SMARTS) is 1. The van der Waals surface area contributed by atoms with Gasteiger partial charge in [0.1, 0.15) is 13.2 Å². The van der Waals surface area contributed by atoms with E-state index in [4.69, 9.17) is 18.9 Å². The van der Waals surface area contributed by atoms with Crippen LogP contribution in [-0.4, -0.2) is 87.4 Å². The van der Waals surface area contributed by atoms with Gasteiger partial charge in [0.2, 0.25) is 0 Å². The smallest absolute Gasteiger partial charge is 0.361 e. The zero-order chi connectivity index (χ0) is 63.3. The van der Waals surface area contributed by atoms with Gasteiger partial charge >= 0.3 is 17.9 Å². The Morgan fingerprint density at radius 1 is 0.356 bits per heavy atom. The number of nitrogens with zero attached hydrogens (tertiary/aromatic N) is 1. The number of hydrogen-bond donors (Lipinski definition) is 1. The highest BCUT2D eigenvalue weighted by Crippen LogP contribution is 2.16. The van der Waals surface area contributed by atoms with Gasteiger partial charge < -0.3 is 28.5 Å². The molecule has 0 saturated carbocycles. The lowest BCUT2D eigenvalue weighted by atomic mass is 10.0. The Labute approximate surface area is 534 Å². The Balaban J connectivity index is 4.23. The van der Waals surface area contributed by atoms with Gasteiger partial charge in [-0.05, 0) is 122 Å². The van der Waals surface area contributed by atoms with E-state index >= 15 is 0 Å². The molecule has 0 heterocycles. The van der Waals surface area contributed by atoms with Crippen LogP contribution in [0.5, 0.6) is 0 Å². The van der Waals surface area contributed by atoms with Gasteiger partial charge in [-0.1, -0.05) is 282 Å². The van der Waals surface area contributed by atoms with Crippen LogP contribution in [-0.2, 0) is 33.3 Å². The van der Waals surface area contributed by atoms with Crippen LogP contribution in [0, 0.1) is 0 Å². The normalized spacial score (nSPS) is 13.6. The van der Waals surface area contributed by atoms with Gasteiger partial charge in [-0.15, -0.1) is 0 Å². The molecule has 0 saturated heterocycles. The minimum atomic E-state index is -1.53. The molecule has 2 atom stereocenters. The van der Waals surface area contributed by atoms with Crippen LogP contribution in [0.25, 0.3) is 0 Å². The van der Waals surface area contributed by atoms with Crippen molar-refractivity contribution in [3.8, 4) is 0 Å². The van der Waals surface area contributed by atoms with Gasteiger partial charge in [0, 0.05) is 12.8 Å². The molecule has 87 heavy (non-hydrogen) atoms. The second kappa shape index (κ2) is 67.1. The Morgan fingerprint density at radius 3 is 0.989 bits per heavy atom. The maximum atomic E-state index is 12.9. The maximum Gasteiger partial charge on any atom is 0.361 e. The van der Waals surface area contributed by atoms with Gasteiger partial charge in [0.15, 0.2) is 6.10 Å². The molecule has 494 valence electrons. The summed E-state index contributed by atoms with van der Waals surface area (Å²) in [5, 5.41) is 9.74. The number of quaternary nitrogens is 1.